The normalized spacial score (nSPS) is 24.2. The number of para-hydroxylation sites is 1. The van der Waals surface area contributed by atoms with Gasteiger partial charge in [0.25, 0.3) is 0 Å². The Hall–Kier alpha value is -2.75. The highest BCUT2D eigenvalue weighted by Gasteiger charge is 2.52. The molecule has 0 amide bonds. The molecule has 0 aliphatic carbocycles. The van der Waals surface area contributed by atoms with E-state index in [0.717, 1.165) is 34.1 Å². The quantitative estimate of drug-likeness (QED) is 0.745. The first-order valence-electron chi connectivity index (χ1n) is 10.8. The molecule has 4 aliphatic heterocycles. The summed E-state index contributed by atoms with van der Waals surface area (Å²) in [7, 11) is -3.23. The predicted octanol–water partition coefficient (Wildman–Crippen LogP) is 2.50. The fourth-order valence-electron chi connectivity index (χ4n) is 5.01. The van der Waals surface area contributed by atoms with Crippen LogP contribution in [-0.4, -0.2) is 56.0 Å². The van der Waals surface area contributed by atoms with Crippen LogP contribution in [0.5, 0.6) is 17.2 Å². The van der Waals surface area contributed by atoms with Crippen LogP contribution in [0.4, 0.5) is 0 Å². The maximum Gasteiger partial charge on any atom is 0.211 e. The van der Waals surface area contributed by atoms with E-state index < -0.39 is 15.7 Å². The number of hydrazine groups is 1. The molecule has 8 nitrogen and oxygen atoms in total. The van der Waals surface area contributed by atoms with Crippen molar-refractivity contribution in [2.75, 3.05) is 32.6 Å². The zero-order chi connectivity index (χ0) is 21.9. The minimum Gasteiger partial charge on any atom is -0.486 e. The first kappa shape index (κ1) is 19.9. The lowest BCUT2D eigenvalue weighted by atomic mass is 9.93. The van der Waals surface area contributed by atoms with Crippen LogP contribution in [-0.2, 0) is 10.0 Å². The Balaban J connectivity index is 1.36. The highest BCUT2D eigenvalue weighted by molar-refractivity contribution is 7.88. The summed E-state index contributed by atoms with van der Waals surface area (Å²) in [5.41, 5.74) is 6.00. The molecular weight excluding hydrogens is 430 g/mol. The lowest BCUT2D eigenvalue weighted by molar-refractivity contribution is -0.153. The Morgan fingerprint density at radius 2 is 1.75 bits per heavy atom. The Morgan fingerprint density at radius 3 is 2.53 bits per heavy atom. The standard InChI is InChI=1S/C23H25N3O5S/c1-32(27,28)25-10-8-23(9-11-25)26-19(17-4-2-3-5-20(17)31-23)15-18(24-26)16-6-7-21-22(14-16)30-13-12-29-21/h2-7,14-15,19,24H,8-13H2,1H3/t19-/m1/s1. The first-order valence-corrected chi connectivity index (χ1v) is 12.7. The van der Waals surface area contributed by atoms with Crippen molar-refractivity contribution in [2.24, 2.45) is 0 Å². The van der Waals surface area contributed by atoms with Gasteiger partial charge in [-0.25, -0.2) is 12.7 Å². The number of nitrogens with one attached hydrogen (secondary N) is 1. The SMILES string of the molecule is CS(=O)(=O)N1CCC2(CC1)Oc1ccccc1[C@H]1C=C(c3ccc4c(c3)OCCO4)NN12. The maximum atomic E-state index is 12.1. The van der Waals surface area contributed by atoms with Gasteiger partial charge in [-0.1, -0.05) is 18.2 Å². The molecule has 1 N–H and O–H groups in total. The molecule has 32 heavy (non-hydrogen) atoms. The topological polar surface area (TPSA) is 80.3 Å². The second-order valence-electron chi connectivity index (χ2n) is 8.61. The van der Waals surface area contributed by atoms with Crippen molar-refractivity contribution in [1.29, 1.82) is 0 Å². The van der Waals surface area contributed by atoms with E-state index in [-0.39, 0.29) is 6.04 Å². The van der Waals surface area contributed by atoms with E-state index >= 15 is 0 Å². The molecule has 1 spiro atoms. The molecule has 0 radical (unpaired) electrons. The molecule has 1 saturated heterocycles. The minimum absolute atomic E-state index is 0.0204. The summed E-state index contributed by atoms with van der Waals surface area (Å²) in [6.45, 7) is 1.94. The number of rotatable bonds is 2. The molecule has 2 aromatic rings. The van der Waals surface area contributed by atoms with E-state index in [1.54, 1.807) is 0 Å². The third-order valence-corrected chi connectivity index (χ3v) is 7.95. The van der Waals surface area contributed by atoms with Crippen molar-refractivity contribution in [2.45, 2.75) is 24.6 Å². The second-order valence-corrected chi connectivity index (χ2v) is 10.6. The molecule has 4 aliphatic rings. The molecule has 0 saturated carbocycles. The number of hydrogen-bond acceptors (Lipinski definition) is 7. The van der Waals surface area contributed by atoms with Gasteiger partial charge in [0.05, 0.1) is 18.0 Å². The summed E-state index contributed by atoms with van der Waals surface area (Å²) in [4.78, 5) is 0. The fourth-order valence-corrected chi connectivity index (χ4v) is 5.85. The Labute approximate surface area is 187 Å². The van der Waals surface area contributed by atoms with Gasteiger partial charge in [-0.2, -0.15) is 5.01 Å². The summed E-state index contributed by atoms with van der Waals surface area (Å²) in [5, 5.41) is 2.15. The first-order chi connectivity index (χ1) is 15.4. The van der Waals surface area contributed by atoms with Crippen molar-refractivity contribution in [1.82, 2.24) is 14.7 Å². The van der Waals surface area contributed by atoms with Gasteiger partial charge >= 0.3 is 0 Å². The molecular formula is C23H25N3O5S. The van der Waals surface area contributed by atoms with Crippen molar-refractivity contribution >= 4 is 15.7 Å². The number of nitrogens with zero attached hydrogens (tertiary/aromatic N) is 2. The fraction of sp³-hybridized carbons (Fsp3) is 0.391. The monoisotopic (exact) mass is 455 g/mol. The van der Waals surface area contributed by atoms with Gasteiger partial charge in [0.2, 0.25) is 10.0 Å². The number of benzene rings is 2. The number of fused-ring (bicyclic) bond motifs is 5. The summed E-state index contributed by atoms with van der Waals surface area (Å²) >= 11 is 0. The summed E-state index contributed by atoms with van der Waals surface area (Å²) in [5.74, 6) is 2.35. The lowest BCUT2D eigenvalue weighted by Crippen LogP contribution is -2.64. The molecule has 0 bridgehead atoms. The van der Waals surface area contributed by atoms with Crippen LogP contribution < -0.4 is 19.6 Å². The molecule has 0 aromatic heterocycles. The van der Waals surface area contributed by atoms with E-state index in [1.807, 2.05) is 36.4 Å². The maximum absolute atomic E-state index is 12.1. The van der Waals surface area contributed by atoms with E-state index in [2.05, 4.69) is 22.6 Å². The van der Waals surface area contributed by atoms with Crippen molar-refractivity contribution in [3.05, 3.63) is 59.7 Å². The number of sulfonamides is 1. The largest absolute Gasteiger partial charge is 0.486 e. The predicted molar refractivity (Wildman–Crippen MR) is 119 cm³/mol. The van der Waals surface area contributed by atoms with E-state index in [1.165, 1.54) is 10.6 Å². The van der Waals surface area contributed by atoms with E-state index in [0.29, 0.717) is 39.1 Å². The Kier molecular flexibility index (Phi) is 4.43. The summed E-state index contributed by atoms with van der Waals surface area (Å²) in [6.07, 6.45) is 4.61. The van der Waals surface area contributed by atoms with Gasteiger partial charge in [-0.15, -0.1) is 0 Å². The van der Waals surface area contributed by atoms with E-state index in [9.17, 15) is 8.42 Å². The Bertz CT molecular complexity index is 1200. The molecule has 4 heterocycles. The third kappa shape index (κ3) is 3.15. The van der Waals surface area contributed by atoms with Crippen LogP contribution in [0.25, 0.3) is 5.70 Å². The molecule has 1 fully saturated rings. The van der Waals surface area contributed by atoms with Gasteiger partial charge < -0.3 is 19.6 Å². The van der Waals surface area contributed by atoms with Gasteiger partial charge in [0, 0.05) is 37.1 Å². The molecule has 2 aromatic carbocycles. The van der Waals surface area contributed by atoms with Crippen LogP contribution in [0.1, 0.15) is 30.0 Å². The number of ether oxygens (including phenoxy) is 3. The van der Waals surface area contributed by atoms with Crippen LogP contribution in [0, 0.1) is 0 Å². The minimum atomic E-state index is -3.23. The molecule has 1 atom stereocenters. The van der Waals surface area contributed by atoms with Crippen molar-refractivity contribution in [3.63, 3.8) is 0 Å². The zero-order valence-electron chi connectivity index (χ0n) is 17.8. The van der Waals surface area contributed by atoms with Gasteiger partial charge in [0.1, 0.15) is 19.0 Å². The average Bonchev–Trinajstić information content (AvgIpc) is 3.26. The van der Waals surface area contributed by atoms with Crippen molar-refractivity contribution < 1.29 is 22.6 Å². The third-order valence-electron chi connectivity index (χ3n) is 6.65. The highest BCUT2D eigenvalue weighted by Crippen LogP contribution is 2.49. The van der Waals surface area contributed by atoms with Crippen LogP contribution >= 0.6 is 0 Å². The van der Waals surface area contributed by atoms with Crippen LogP contribution in [0.2, 0.25) is 0 Å². The zero-order valence-corrected chi connectivity index (χ0v) is 18.6. The average molecular weight is 456 g/mol. The number of hydrogen-bond donors (Lipinski definition) is 1. The van der Waals surface area contributed by atoms with Gasteiger partial charge in [-0.3, -0.25) is 0 Å². The van der Waals surface area contributed by atoms with Gasteiger partial charge in [-0.05, 0) is 30.3 Å². The van der Waals surface area contributed by atoms with Crippen molar-refractivity contribution in [3.8, 4) is 17.2 Å². The molecule has 0 unspecified atom stereocenters. The molecule has 9 heteroatoms. The summed E-state index contributed by atoms with van der Waals surface area (Å²) < 4.78 is 43.7. The Morgan fingerprint density at radius 1 is 1.00 bits per heavy atom. The van der Waals surface area contributed by atoms with Crippen LogP contribution in [0.3, 0.4) is 0 Å². The number of piperidine rings is 1. The smallest absolute Gasteiger partial charge is 0.211 e. The molecule has 168 valence electrons. The highest BCUT2D eigenvalue weighted by atomic mass is 32.2. The van der Waals surface area contributed by atoms with E-state index in [4.69, 9.17) is 14.2 Å². The van der Waals surface area contributed by atoms with Gasteiger partial charge in [0.15, 0.2) is 17.2 Å². The summed E-state index contributed by atoms with van der Waals surface area (Å²) in [6, 6.07) is 14.0. The van der Waals surface area contributed by atoms with Crippen LogP contribution in [0.15, 0.2) is 48.5 Å². The second kappa shape index (κ2) is 7.13. The lowest BCUT2D eigenvalue weighted by Gasteiger charge is -2.51. The molecule has 6 rings (SSSR count).